The number of nitrogens with zero attached hydrogens (tertiary/aromatic N) is 3. The van der Waals surface area contributed by atoms with E-state index in [0.29, 0.717) is 42.0 Å². The van der Waals surface area contributed by atoms with Crippen LogP contribution in [0.2, 0.25) is 10.0 Å². The van der Waals surface area contributed by atoms with Crippen LogP contribution in [0.3, 0.4) is 0 Å². The number of amides is 1. The Kier molecular flexibility index (Phi) is 4.42. The van der Waals surface area contributed by atoms with Crippen LogP contribution in [-0.2, 0) is 4.79 Å². The monoisotopic (exact) mass is 316 g/mol. The topological polar surface area (TPSA) is 62.5 Å². The van der Waals surface area contributed by atoms with Gasteiger partial charge in [0.05, 0.1) is 15.6 Å². The molecule has 1 aliphatic rings. The number of hydrogen-bond donors (Lipinski definition) is 1. The summed E-state index contributed by atoms with van der Waals surface area (Å²) in [5.41, 5.74) is 5.01. The van der Waals surface area contributed by atoms with Gasteiger partial charge in [-0.2, -0.15) is 0 Å². The van der Waals surface area contributed by atoms with Crippen LogP contribution in [-0.4, -0.2) is 47.5 Å². The van der Waals surface area contributed by atoms with Crippen molar-refractivity contribution >= 4 is 34.9 Å². The molecule has 0 atom stereocenters. The molecular weight excluding hydrogens is 299 g/mol. The number of carbonyl (C=O) groups is 1. The number of anilines is 1. The normalized spacial score (nSPS) is 16.4. The van der Waals surface area contributed by atoms with Crippen molar-refractivity contribution in [2.24, 2.45) is 5.73 Å². The summed E-state index contributed by atoms with van der Waals surface area (Å²) < 4.78 is 0. The molecular formula is C13H18Cl2N4O. The molecule has 0 aromatic carbocycles. The Balaban J connectivity index is 2.03. The van der Waals surface area contributed by atoms with E-state index in [1.54, 1.807) is 31.0 Å². The van der Waals surface area contributed by atoms with Crippen LogP contribution in [0.25, 0.3) is 0 Å². The van der Waals surface area contributed by atoms with Crippen molar-refractivity contribution in [1.82, 2.24) is 9.88 Å². The van der Waals surface area contributed by atoms with E-state index < -0.39 is 5.54 Å². The number of piperazine rings is 1. The van der Waals surface area contributed by atoms with Gasteiger partial charge in [-0.15, -0.1) is 0 Å². The van der Waals surface area contributed by atoms with Crippen LogP contribution >= 0.6 is 23.2 Å². The van der Waals surface area contributed by atoms with Gasteiger partial charge in [0, 0.05) is 32.4 Å². The van der Waals surface area contributed by atoms with Gasteiger partial charge in [0.25, 0.3) is 0 Å². The number of rotatable bonds is 2. The number of halogens is 2. The Labute approximate surface area is 128 Å². The second-order valence-corrected chi connectivity index (χ2v) is 6.30. The van der Waals surface area contributed by atoms with Crippen molar-refractivity contribution in [1.29, 1.82) is 0 Å². The van der Waals surface area contributed by atoms with Gasteiger partial charge in [0.1, 0.15) is 5.82 Å². The second-order valence-electron chi connectivity index (χ2n) is 5.46. The van der Waals surface area contributed by atoms with Crippen LogP contribution in [0.5, 0.6) is 0 Å². The van der Waals surface area contributed by atoms with E-state index in [9.17, 15) is 4.79 Å². The summed E-state index contributed by atoms with van der Waals surface area (Å²) >= 11 is 12.0. The third-order valence-corrected chi connectivity index (χ3v) is 3.69. The lowest BCUT2D eigenvalue weighted by Gasteiger charge is -2.38. The van der Waals surface area contributed by atoms with E-state index >= 15 is 0 Å². The number of aromatic nitrogens is 1. The SMILES string of the molecule is CC(C)(N)C(=O)N1CCN(c2ncc(Cl)cc2Cl)CC1. The summed E-state index contributed by atoms with van der Waals surface area (Å²) in [5, 5.41) is 1.04. The largest absolute Gasteiger partial charge is 0.352 e. The van der Waals surface area contributed by atoms with Crippen molar-refractivity contribution in [2.75, 3.05) is 31.1 Å². The van der Waals surface area contributed by atoms with Gasteiger partial charge in [-0.25, -0.2) is 4.98 Å². The average Bonchev–Trinajstić information content (AvgIpc) is 2.37. The third kappa shape index (κ3) is 3.34. The van der Waals surface area contributed by atoms with Crippen LogP contribution in [0.15, 0.2) is 12.3 Å². The van der Waals surface area contributed by atoms with Crippen molar-refractivity contribution < 1.29 is 4.79 Å². The minimum absolute atomic E-state index is 0.0349. The molecule has 1 aromatic rings. The Morgan fingerprint density at radius 3 is 2.40 bits per heavy atom. The first-order chi connectivity index (χ1) is 9.29. The second kappa shape index (κ2) is 5.76. The molecule has 1 aromatic heterocycles. The summed E-state index contributed by atoms with van der Waals surface area (Å²) in [6, 6.07) is 1.67. The minimum atomic E-state index is -0.835. The maximum atomic E-state index is 12.1. The Morgan fingerprint density at radius 2 is 1.90 bits per heavy atom. The fourth-order valence-corrected chi connectivity index (χ4v) is 2.67. The summed E-state index contributed by atoms with van der Waals surface area (Å²) in [6.07, 6.45) is 1.57. The van der Waals surface area contributed by atoms with Crippen LogP contribution in [0.4, 0.5) is 5.82 Å². The lowest BCUT2D eigenvalue weighted by molar-refractivity contribution is -0.136. The van der Waals surface area contributed by atoms with E-state index in [4.69, 9.17) is 28.9 Å². The Morgan fingerprint density at radius 1 is 1.30 bits per heavy atom. The predicted molar refractivity (Wildman–Crippen MR) is 81.3 cm³/mol. The van der Waals surface area contributed by atoms with Gasteiger partial charge >= 0.3 is 0 Å². The average molecular weight is 317 g/mol. The quantitative estimate of drug-likeness (QED) is 0.903. The highest BCUT2D eigenvalue weighted by atomic mass is 35.5. The van der Waals surface area contributed by atoms with Gasteiger partial charge in [-0.3, -0.25) is 4.79 Å². The van der Waals surface area contributed by atoms with E-state index in [2.05, 4.69) is 4.98 Å². The molecule has 1 saturated heterocycles. The molecule has 1 fully saturated rings. The van der Waals surface area contributed by atoms with Crippen LogP contribution < -0.4 is 10.6 Å². The summed E-state index contributed by atoms with van der Waals surface area (Å²) in [6.45, 7) is 6.02. The molecule has 0 radical (unpaired) electrons. The van der Waals surface area contributed by atoms with Gasteiger partial charge in [0.15, 0.2) is 0 Å². The molecule has 2 rings (SSSR count). The van der Waals surface area contributed by atoms with E-state index in [1.165, 1.54) is 0 Å². The van der Waals surface area contributed by atoms with E-state index in [-0.39, 0.29) is 5.91 Å². The fourth-order valence-electron chi connectivity index (χ4n) is 2.17. The Hall–Kier alpha value is -1.04. The number of nitrogens with two attached hydrogens (primary N) is 1. The van der Waals surface area contributed by atoms with Gasteiger partial charge in [-0.1, -0.05) is 23.2 Å². The molecule has 0 unspecified atom stereocenters. The first-order valence-corrected chi connectivity index (χ1v) is 7.19. The third-order valence-electron chi connectivity index (χ3n) is 3.21. The van der Waals surface area contributed by atoms with Gasteiger partial charge < -0.3 is 15.5 Å². The van der Waals surface area contributed by atoms with Gasteiger partial charge in [-0.05, 0) is 19.9 Å². The molecule has 7 heteroatoms. The maximum absolute atomic E-state index is 12.1. The zero-order valence-corrected chi connectivity index (χ0v) is 13.1. The zero-order valence-electron chi connectivity index (χ0n) is 11.6. The van der Waals surface area contributed by atoms with Crippen LogP contribution in [0.1, 0.15) is 13.8 Å². The molecule has 1 amide bonds. The predicted octanol–water partition coefficient (Wildman–Crippen LogP) is 1.77. The smallest absolute Gasteiger partial charge is 0.242 e. The van der Waals surface area contributed by atoms with Crippen molar-refractivity contribution in [3.63, 3.8) is 0 Å². The molecule has 0 saturated carbocycles. The standard InChI is InChI=1S/C13H18Cl2N4O/c1-13(2,16)12(20)19-5-3-18(4-6-19)11-10(15)7-9(14)8-17-11/h7-8H,3-6,16H2,1-2H3. The van der Waals surface area contributed by atoms with Crippen molar-refractivity contribution in [3.05, 3.63) is 22.3 Å². The Bertz CT molecular complexity index is 508. The van der Waals surface area contributed by atoms with E-state index in [1.807, 2.05) is 4.90 Å². The van der Waals surface area contributed by atoms with E-state index in [0.717, 1.165) is 0 Å². The fraction of sp³-hybridized carbons (Fsp3) is 0.538. The molecule has 2 heterocycles. The molecule has 0 spiro atoms. The minimum Gasteiger partial charge on any atom is -0.352 e. The lowest BCUT2D eigenvalue weighted by Crippen LogP contribution is -2.57. The molecule has 0 aliphatic carbocycles. The summed E-state index contributed by atoms with van der Waals surface area (Å²) in [5.74, 6) is 0.669. The summed E-state index contributed by atoms with van der Waals surface area (Å²) in [4.78, 5) is 20.2. The maximum Gasteiger partial charge on any atom is 0.242 e. The highest BCUT2D eigenvalue weighted by molar-refractivity contribution is 6.36. The molecule has 0 bridgehead atoms. The number of hydrogen-bond acceptors (Lipinski definition) is 4. The van der Waals surface area contributed by atoms with Crippen LogP contribution in [0, 0.1) is 0 Å². The molecule has 1 aliphatic heterocycles. The van der Waals surface area contributed by atoms with Crippen molar-refractivity contribution in [3.8, 4) is 0 Å². The zero-order chi connectivity index (χ0) is 14.9. The first kappa shape index (κ1) is 15.4. The van der Waals surface area contributed by atoms with Gasteiger partial charge in [0.2, 0.25) is 5.91 Å². The highest BCUT2D eigenvalue weighted by Crippen LogP contribution is 2.26. The lowest BCUT2D eigenvalue weighted by atomic mass is 10.0. The highest BCUT2D eigenvalue weighted by Gasteiger charge is 2.30. The number of pyridine rings is 1. The van der Waals surface area contributed by atoms with Crippen molar-refractivity contribution in [2.45, 2.75) is 19.4 Å². The molecule has 5 nitrogen and oxygen atoms in total. The molecule has 2 N–H and O–H groups in total. The number of carbonyl (C=O) groups excluding carboxylic acids is 1. The molecule has 20 heavy (non-hydrogen) atoms. The first-order valence-electron chi connectivity index (χ1n) is 6.43. The molecule has 110 valence electrons. The summed E-state index contributed by atoms with van der Waals surface area (Å²) in [7, 11) is 0.